The maximum atomic E-state index is 12.8. The second kappa shape index (κ2) is 11.0. The number of nitrogens with zero attached hydrogens (tertiary/aromatic N) is 2. The smallest absolute Gasteiger partial charge is 0.303 e. The van der Waals surface area contributed by atoms with Crippen LogP contribution in [0, 0.1) is 0 Å². The van der Waals surface area contributed by atoms with Crippen LogP contribution in [0.25, 0.3) is 0 Å². The van der Waals surface area contributed by atoms with Gasteiger partial charge in [0.25, 0.3) is 11.8 Å². The normalized spacial score (nSPS) is 11.2. The lowest BCUT2D eigenvalue weighted by Gasteiger charge is -2.23. The van der Waals surface area contributed by atoms with Crippen LogP contribution in [0.2, 0.25) is 0 Å². The molecule has 178 valence electrons. The number of carbonyl (C=O) groups excluding carboxylic acids is 2. The Kier molecular flexibility index (Phi) is 8.04. The third kappa shape index (κ3) is 6.00. The fourth-order valence-corrected chi connectivity index (χ4v) is 4.12. The second-order valence-electron chi connectivity index (χ2n) is 7.80. The first-order valence-electron chi connectivity index (χ1n) is 10.7. The van der Waals surface area contributed by atoms with E-state index in [9.17, 15) is 18.0 Å². The van der Waals surface area contributed by atoms with Crippen molar-refractivity contribution in [1.29, 1.82) is 0 Å². The van der Waals surface area contributed by atoms with E-state index < -0.39 is 16.1 Å². The van der Waals surface area contributed by atoms with Gasteiger partial charge in [0.05, 0.1) is 16.9 Å². The summed E-state index contributed by atoms with van der Waals surface area (Å²) in [5, 5.41) is 5.66. The van der Waals surface area contributed by atoms with Crippen LogP contribution < -0.4 is 14.9 Å². The van der Waals surface area contributed by atoms with Crippen molar-refractivity contribution in [3.05, 3.63) is 95.6 Å². The average Bonchev–Trinajstić information content (AvgIpc) is 2.84. The predicted octanol–water partition coefficient (Wildman–Crippen LogP) is 3.15. The number of amides is 2. The highest BCUT2D eigenvalue weighted by molar-refractivity contribution is 7.90. The number of hydrogen-bond acceptors (Lipinski definition) is 4. The number of hydrogen-bond donors (Lipinski definition) is 2. The van der Waals surface area contributed by atoms with Crippen molar-refractivity contribution < 1.29 is 18.0 Å². The zero-order valence-corrected chi connectivity index (χ0v) is 20.2. The molecule has 0 atom stereocenters. The van der Waals surface area contributed by atoms with Gasteiger partial charge < -0.3 is 10.6 Å². The minimum Gasteiger partial charge on any atom is -0.352 e. The van der Waals surface area contributed by atoms with E-state index in [1.807, 2.05) is 30.3 Å². The highest BCUT2D eigenvalue weighted by Crippen LogP contribution is 2.20. The Morgan fingerprint density at radius 3 is 2.06 bits per heavy atom. The average molecular weight is 481 g/mol. The van der Waals surface area contributed by atoms with Crippen LogP contribution >= 0.6 is 0 Å². The first-order chi connectivity index (χ1) is 16.2. The molecule has 0 saturated carbocycles. The summed E-state index contributed by atoms with van der Waals surface area (Å²) in [4.78, 5) is 25.5. The maximum absolute atomic E-state index is 12.8. The summed E-state index contributed by atoms with van der Waals surface area (Å²) in [6.45, 7) is 0.468. The van der Waals surface area contributed by atoms with Crippen molar-refractivity contribution in [2.75, 3.05) is 37.3 Å². The van der Waals surface area contributed by atoms with Crippen molar-refractivity contribution in [2.45, 2.75) is 6.42 Å². The first-order valence-corrected chi connectivity index (χ1v) is 12.1. The van der Waals surface area contributed by atoms with Crippen LogP contribution in [0.15, 0.2) is 78.9 Å². The molecule has 0 aliphatic carbocycles. The van der Waals surface area contributed by atoms with Crippen LogP contribution in [-0.2, 0) is 16.6 Å². The Balaban J connectivity index is 1.66. The Labute approximate surface area is 200 Å². The van der Waals surface area contributed by atoms with E-state index in [4.69, 9.17) is 0 Å². The van der Waals surface area contributed by atoms with Gasteiger partial charge >= 0.3 is 10.2 Å². The molecular formula is C25H28N4O4S. The highest BCUT2D eigenvalue weighted by Gasteiger charge is 2.21. The van der Waals surface area contributed by atoms with Gasteiger partial charge in [-0.1, -0.05) is 42.5 Å². The van der Waals surface area contributed by atoms with E-state index >= 15 is 0 Å². The van der Waals surface area contributed by atoms with E-state index in [1.165, 1.54) is 33.3 Å². The number of anilines is 2. The summed E-state index contributed by atoms with van der Waals surface area (Å²) in [5.74, 6) is -0.688. The molecular weight excluding hydrogens is 452 g/mol. The Hall–Kier alpha value is -3.69. The molecule has 3 aromatic carbocycles. The Morgan fingerprint density at radius 2 is 1.41 bits per heavy atom. The number of carbonyl (C=O) groups is 2. The molecule has 0 spiro atoms. The molecule has 0 heterocycles. The predicted molar refractivity (Wildman–Crippen MR) is 134 cm³/mol. The van der Waals surface area contributed by atoms with E-state index in [-0.39, 0.29) is 5.91 Å². The van der Waals surface area contributed by atoms with Crippen molar-refractivity contribution in [2.24, 2.45) is 0 Å². The molecule has 2 amide bonds. The maximum Gasteiger partial charge on any atom is 0.303 e. The molecule has 0 aliphatic heterocycles. The Bertz CT molecular complexity index is 1240. The fraction of sp³-hybridized carbons (Fsp3) is 0.200. The van der Waals surface area contributed by atoms with Crippen molar-refractivity contribution in [3.63, 3.8) is 0 Å². The molecule has 0 radical (unpaired) electrons. The first kappa shape index (κ1) is 24.9. The van der Waals surface area contributed by atoms with Crippen molar-refractivity contribution in [3.8, 4) is 0 Å². The Morgan fingerprint density at radius 1 is 0.794 bits per heavy atom. The topological polar surface area (TPSA) is 98.8 Å². The lowest BCUT2D eigenvalue weighted by molar-refractivity contribution is 0.0955. The van der Waals surface area contributed by atoms with Crippen LogP contribution in [-0.4, -0.2) is 52.2 Å². The highest BCUT2D eigenvalue weighted by atomic mass is 32.2. The number of rotatable bonds is 9. The molecule has 0 aromatic heterocycles. The van der Waals surface area contributed by atoms with Gasteiger partial charge in [0.1, 0.15) is 0 Å². The zero-order chi connectivity index (χ0) is 24.7. The number of benzene rings is 3. The molecule has 0 unspecified atom stereocenters. The largest absolute Gasteiger partial charge is 0.352 e. The van der Waals surface area contributed by atoms with Gasteiger partial charge in [-0.3, -0.25) is 13.9 Å². The monoisotopic (exact) mass is 480 g/mol. The SMILES string of the molecule is CN(C)S(=O)(=O)N(C)c1ccc(C(=O)Nc2ccccc2C(=O)NCCc2ccccc2)cc1. The van der Waals surface area contributed by atoms with Gasteiger partial charge in [-0.25, -0.2) is 0 Å². The number of para-hydroxylation sites is 1. The van der Waals surface area contributed by atoms with Gasteiger partial charge in [0, 0.05) is 33.3 Å². The molecule has 34 heavy (non-hydrogen) atoms. The molecule has 2 N–H and O–H groups in total. The standard InChI is InChI=1S/C25H28N4O4S/c1-28(2)34(32,33)29(3)21-15-13-20(14-16-21)24(30)27-23-12-8-7-11-22(23)25(31)26-18-17-19-9-5-4-6-10-19/h4-16H,17-18H2,1-3H3,(H,26,31)(H,27,30). The van der Waals surface area contributed by atoms with Crippen LogP contribution in [0.3, 0.4) is 0 Å². The van der Waals surface area contributed by atoms with E-state index in [2.05, 4.69) is 10.6 Å². The summed E-state index contributed by atoms with van der Waals surface area (Å²) < 4.78 is 26.8. The van der Waals surface area contributed by atoms with Gasteiger partial charge in [-0.2, -0.15) is 12.7 Å². The summed E-state index contributed by atoms with van der Waals surface area (Å²) in [6.07, 6.45) is 0.700. The molecule has 8 nitrogen and oxygen atoms in total. The molecule has 0 fully saturated rings. The van der Waals surface area contributed by atoms with Crippen LogP contribution in [0.5, 0.6) is 0 Å². The minimum atomic E-state index is -3.63. The van der Waals surface area contributed by atoms with Gasteiger partial charge in [-0.05, 0) is 48.4 Å². The molecule has 3 aromatic rings. The number of nitrogens with one attached hydrogen (secondary N) is 2. The summed E-state index contributed by atoms with van der Waals surface area (Å²) in [7, 11) is 0.706. The van der Waals surface area contributed by atoms with Crippen molar-refractivity contribution >= 4 is 33.4 Å². The van der Waals surface area contributed by atoms with E-state index in [0.717, 1.165) is 14.2 Å². The van der Waals surface area contributed by atoms with Gasteiger partial charge in [-0.15, -0.1) is 0 Å². The molecule has 3 rings (SSSR count). The lowest BCUT2D eigenvalue weighted by Crippen LogP contribution is -2.37. The molecule has 0 bridgehead atoms. The van der Waals surface area contributed by atoms with E-state index in [1.54, 1.807) is 36.4 Å². The van der Waals surface area contributed by atoms with Crippen LogP contribution in [0.1, 0.15) is 26.3 Å². The third-order valence-corrected chi connectivity index (χ3v) is 7.09. The molecule has 9 heteroatoms. The summed E-state index contributed by atoms with van der Waals surface area (Å²) in [6, 6.07) is 22.8. The quantitative estimate of drug-likeness (QED) is 0.492. The van der Waals surface area contributed by atoms with Crippen molar-refractivity contribution in [1.82, 2.24) is 9.62 Å². The third-order valence-electron chi connectivity index (χ3n) is 5.26. The molecule has 0 saturated heterocycles. The zero-order valence-electron chi connectivity index (χ0n) is 19.4. The fourth-order valence-electron chi connectivity index (χ4n) is 3.25. The summed E-state index contributed by atoms with van der Waals surface area (Å²) in [5.41, 5.74) is 2.62. The molecule has 0 aliphatic rings. The van der Waals surface area contributed by atoms with Crippen LogP contribution in [0.4, 0.5) is 11.4 Å². The van der Waals surface area contributed by atoms with E-state index in [0.29, 0.717) is 35.5 Å². The lowest BCUT2D eigenvalue weighted by atomic mass is 10.1. The van der Waals surface area contributed by atoms with Gasteiger partial charge in [0.15, 0.2) is 0 Å². The minimum absolute atomic E-state index is 0.280. The summed E-state index contributed by atoms with van der Waals surface area (Å²) >= 11 is 0. The van der Waals surface area contributed by atoms with Gasteiger partial charge in [0.2, 0.25) is 0 Å². The second-order valence-corrected chi connectivity index (χ2v) is 9.97.